The first-order chi connectivity index (χ1) is 11.3. The Kier molecular flexibility index (Phi) is 5.98. The van der Waals surface area contributed by atoms with Crippen molar-refractivity contribution in [1.82, 2.24) is 0 Å². The van der Waals surface area contributed by atoms with Crippen molar-refractivity contribution in [3.05, 3.63) is 25.3 Å². The lowest BCUT2D eigenvalue weighted by Gasteiger charge is -2.48. The quantitative estimate of drug-likeness (QED) is 0.440. The van der Waals surface area contributed by atoms with Gasteiger partial charge in [-0.2, -0.15) is 0 Å². The minimum Gasteiger partial charge on any atom is -0.377 e. The average Bonchev–Trinajstić information content (AvgIpc) is 3.16. The van der Waals surface area contributed by atoms with E-state index < -0.39 is 0 Å². The van der Waals surface area contributed by atoms with Crippen molar-refractivity contribution in [1.29, 1.82) is 0 Å². The molecule has 0 aliphatic heterocycles. The Morgan fingerprint density at radius 3 is 2.09 bits per heavy atom. The van der Waals surface area contributed by atoms with Crippen LogP contribution < -0.4 is 0 Å². The second-order valence-corrected chi connectivity index (χ2v) is 8.03. The maximum absolute atomic E-state index is 6.05. The highest BCUT2D eigenvalue weighted by molar-refractivity contribution is 5.08. The van der Waals surface area contributed by atoms with Gasteiger partial charge in [0.25, 0.3) is 0 Å². The van der Waals surface area contributed by atoms with Crippen molar-refractivity contribution in [2.24, 2.45) is 29.1 Å². The van der Waals surface area contributed by atoms with E-state index in [9.17, 15) is 0 Å². The van der Waals surface area contributed by atoms with Crippen molar-refractivity contribution >= 4 is 0 Å². The third kappa shape index (κ3) is 3.44. The zero-order valence-corrected chi connectivity index (χ0v) is 14.7. The molecule has 2 nitrogen and oxygen atoms in total. The first-order valence-electron chi connectivity index (χ1n) is 9.69. The standard InChI is InChI=1S/C21H34O2/c1-3-12-22-15-21(16-23-13-4-2)19-11-10-18(14-19)20(21)17-8-6-5-7-9-17/h3-4,17-20H,1-2,5-16H2. The molecule has 3 atom stereocenters. The summed E-state index contributed by atoms with van der Waals surface area (Å²) >= 11 is 0. The van der Waals surface area contributed by atoms with Crippen molar-refractivity contribution in [3.63, 3.8) is 0 Å². The third-order valence-electron chi connectivity index (χ3n) is 6.83. The van der Waals surface area contributed by atoms with Crippen LogP contribution in [0.4, 0.5) is 0 Å². The van der Waals surface area contributed by atoms with E-state index in [4.69, 9.17) is 9.47 Å². The van der Waals surface area contributed by atoms with Crippen LogP contribution in [0.3, 0.4) is 0 Å². The van der Waals surface area contributed by atoms with Gasteiger partial charge >= 0.3 is 0 Å². The first-order valence-corrected chi connectivity index (χ1v) is 9.69. The highest BCUT2D eigenvalue weighted by Gasteiger charge is 2.60. The molecule has 0 aromatic rings. The summed E-state index contributed by atoms with van der Waals surface area (Å²) in [6.07, 6.45) is 15.1. The van der Waals surface area contributed by atoms with Crippen LogP contribution in [0.25, 0.3) is 0 Å². The molecule has 0 saturated heterocycles. The summed E-state index contributed by atoms with van der Waals surface area (Å²) in [5, 5.41) is 0. The normalized spacial score (nSPS) is 33.0. The van der Waals surface area contributed by atoms with Gasteiger partial charge in [-0.3, -0.25) is 0 Å². The molecule has 130 valence electrons. The molecule has 0 amide bonds. The highest BCUT2D eigenvalue weighted by atomic mass is 16.5. The predicted molar refractivity (Wildman–Crippen MR) is 95.4 cm³/mol. The minimum absolute atomic E-state index is 0.247. The van der Waals surface area contributed by atoms with Gasteiger partial charge in [0.05, 0.1) is 26.4 Å². The van der Waals surface area contributed by atoms with Crippen LogP contribution >= 0.6 is 0 Å². The van der Waals surface area contributed by atoms with Crippen LogP contribution in [0.1, 0.15) is 51.4 Å². The lowest BCUT2D eigenvalue weighted by Crippen LogP contribution is -2.47. The van der Waals surface area contributed by atoms with Gasteiger partial charge in [-0.05, 0) is 42.9 Å². The molecule has 3 unspecified atom stereocenters. The van der Waals surface area contributed by atoms with Gasteiger partial charge in [-0.1, -0.05) is 44.3 Å². The summed E-state index contributed by atoms with van der Waals surface area (Å²) in [6.45, 7) is 10.7. The van der Waals surface area contributed by atoms with E-state index in [-0.39, 0.29) is 5.41 Å². The van der Waals surface area contributed by atoms with E-state index in [0.29, 0.717) is 13.2 Å². The van der Waals surface area contributed by atoms with E-state index in [1.54, 1.807) is 0 Å². The number of ether oxygens (including phenoxy) is 2. The summed E-state index contributed by atoms with van der Waals surface area (Å²) in [4.78, 5) is 0. The molecule has 23 heavy (non-hydrogen) atoms. The van der Waals surface area contributed by atoms with Crippen LogP contribution in [0.5, 0.6) is 0 Å². The summed E-state index contributed by atoms with van der Waals surface area (Å²) in [6, 6.07) is 0. The van der Waals surface area contributed by atoms with E-state index in [1.165, 1.54) is 51.4 Å². The Bertz CT molecular complexity index is 383. The molecule has 0 spiro atoms. The molecule has 0 radical (unpaired) electrons. The molecule has 3 fully saturated rings. The molecule has 0 heterocycles. The van der Waals surface area contributed by atoms with Gasteiger partial charge in [0.15, 0.2) is 0 Å². The summed E-state index contributed by atoms with van der Waals surface area (Å²) in [5.41, 5.74) is 0.247. The van der Waals surface area contributed by atoms with Gasteiger partial charge in [-0.15, -0.1) is 13.2 Å². The molecular formula is C21H34O2. The van der Waals surface area contributed by atoms with Crippen molar-refractivity contribution < 1.29 is 9.47 Å². The summed E-state index contributed by atoms with van der Waals surface area (Å²) in [5.74, 6) is 3.44. The van der Waals surface area contributed by atoms with Crippen molar-refractivity contribution in [3.8, 4) is 0 Å². The molecule has 0 N–H and O–H groups in total. The fourth-order valence-corrected chi connectivity index (χ4v) is 6.09. The van der Waals surface area contributed by atoms with Crippen LogP contribution in [-0.2, 0) is 9.47 Å². The zero-order chi connectivity index (χ0) is 16.1. The van der Waals surface area contributed by atoms with Crippen LogP contribution in [0.15, 0.2) is 25.3 Å². The monoisotopic (exact) mass is 318 g/mol. The van der Waals surface area contributed by atoms with Gasteiger partial charge in [0.2, 0.25) is 0 Å². The number of hydrogen-bond acceptors (Lipinski definition) is 2. The topological polar surface area (TPSA) is 18.5 Å². The fourth-order valence-electron chi connectivity index (χ4n) is 6.09. The van der Waals surface area contributed by atoms with Crippen molar-refractivity contribution in [2.45, 2.75) is 51.4 Å². The minimum atomic E-state index is 0.247. The predicted octanol–water partition coefficient (Wildman–Crippen LogP) is 5.00. The second kappa shape index (κ2) is 7.98. The summed E-state index contributed by atoms with van der Waals surface area (Å²) in [7, 11) is 0. The smallest absolute Gasteiger partial charge is 0.0645 e. The molecule has 0 aromatic heterocycles. The lowest BCUT2D eigenvalue weighted by atomic mass is 9.60. The lowest BCUT2D eigenvalue weighted by molar-refractivity contribution is -0.0947. The fraction of sp³-hybridized carbons (Fsp3) is 0.810. The third-order valence-corrected chi connectivity index (χ3v) is 6.83. The van der Waals surface area contributed by atoms with E-state index in [2.05, 4.69) is 13.2 Å². The Balaban J connectivity index is 1.78. The Morgan fingerprint density at radius 1 is 0.826 bits per heavy atom. The van der Waals surface area contributed by atoms with Gasteiger partial charge in [-0.25, -0.2) is 0 Å². The van der Waals surface area contributed by atoms with E-state index >= 15 is 0 Å². The maximum Gasteiger partial charge on any atom is 0.0645 e. The Hall–Kier alpha value is -0.600. The van der Waals surface area contributed by atoms with Gasteiger partial charge in [0.1, 0.15) is 0 Å². The van der Waals surface area contributed by atoms with Crippen LogP contribution in [0.2, 0.25) is 0 Å². The molecular weight excluding hydrogens is 284 g/mol. The Morgan fingerprint density at radius 2 is 1.48 bits per heavy atom. The molecule has 2 bridgehead atoms. The van der Waals surface area contributed by atoms with Gasteiger partial charge < -0.3 is 9.47 Å². The zero-order valence-electron chi connectivity index (χ0n) is 14.7. The second-order valence-electron chi connectivity index (χ2n) is 8.03. The summed E-state index contributed by atoms with van der Waals surface area (Å²) < 4.78 is 12.1. The van der Waals surface area contributed by atoms with Crippen LogP contribution in [0, 0.1) is 29.1 Å². The number of fused-ring (bicyclic) bond motifs is 2. The first kappa shape index (κ1) is 17.2. The molecule has 3 aliphatic rings. The molecule has 0 aromatic carbocycles. The maximum atomic E-state index is 6.05. The van der Waals surface area contributed by atoms with Crippen molar-refractivity contribution in [2.75, 3.05) is 26.4 Å². The van der Waals surface area contributed by atoms with Gasteiger partial charge in [0, 0.05) is 5.41 Å². The molecule has 3 aliphatic carbocycles. The molecule has 3 saturated carbocycles. The molecule has 3 rings (SSSR count). The average molecular weight is 319 g/mol. The number of rotatable bonds is 9. The highest BCUT2D eigenvalue weighted by Crippen LogP contribution is 2.63. The largest absolute Gasteiger partial charge is 0.377 e. The van der Waals surface area contributed by atoms with Crippen LogP contribution in [-0.4, -0.2) is 26.4 Å². The SMILES string of the molecule is C=CCOCC1(COCC=C)C2CCC(C2)C1C1CCCCC1. The van der Waals surface area contributed by atoms with E-state index in [0.717, 1.165) is 36.9 Å². The molecule has 2 heteroatoms. The number of hydrogen-bond donors (Lipinski definition) is 0. The van der Waals surface area contributed by atoms with E-state index in [1.807, 2.05) is 12.2 Å². The Labute approximate surface area is 142 Å².